The fraction of sp³-hybridized carbons (Fsp3) is 0.250. The molecule has 0 aliphatic heterocycles. The number of primary sulfonamides is 1. The number of nitrogens with zero attached hydrogens (tertiary/aromatic N) is 1. The van der Waals surface area contributed by atoms with Gasteiger partial charge in [0.15, 0.2) is 0 Å². The number of carboxylic acids is 1. The van der Waals surface area contributed by atoms with E-state index in [0.29, 0.717) is 5.69 Å². The molecule has 1 aromatic carbocycles. The van der Waals surface area contributed by atoms with Crippen LogP contribution in [0.25, 0.3) is 0 Å². The number of terminal acetylenes is 1. The Morgan fingerprint density at radius 1 is 1.37 bits per heavy atom. The molecule has 0 heterocycles. The normalized spacial score (nSPS) is 10.7. The predicted molar refractivity (Wildman–Crippen MR) is 71.1 cm³/mol. The van der Waals surface area contributed by atoms with Crippen LogP contribution in [0, 0.1) is 12.3 Å². The van der Waals surface area contributed by atoms with Crippen molar-refractivity contribution in [3.8, 4) is 12.3 Å². The highest BCUT2D eigenvalue weighted by Crippen LogP contribution is 2.17. The summed E-state index contributed by atoms with van der Waals surface area (Å²) in [4.78, 5) is 12.2. The van der Waals surface area contributed by atoms with Crippen LogP contribution >= 0.6 is 0 Å². The molecule has 0 saturated heterocycles. The van der Waals surface area contributed by atoms with E-state index in [2.05, 4.69) is 5.92 Å². The Labute approximate surface area is 111 Å². The molecule has 0 amide bonds. The average Bonchev–Trinajstić information content (AvgIpc) is 2.33. The first-order chi connectivity index (χ1) is 8.84. The second-order valence-electron chi connectivity index (χ2n) is 3.81. The van der Waals surface area contributed by atoms with Gasteiger partial charge in [0.2, 0.25) is 10.0 Å². The summed E-state index contributed by atoms with van der Waals surface area (Å²) in [7, 11) is -3.74. The van der Waals surface area contributed by atoms with Crippen LogP contribution in [0.15, 0.2) is 29.2 Å². The van der Waals surface area contributed by atoms with Crippen LogP contribution in [-0.4, -0.2) is 32.6 Å². The molecule has 19 heavy (non-hydrogen) atoms. The minimum Gasteiger partial charge on any atom is -0.481 e. The van der Waals surface area contributed by atoms with Crippen molar-refractivity contribution in [3.63, 3.8) is 0 Å². The van der Waals surface area contributed by atoms with Gasteiger partial charge in [-0.15, -0.1) is 6.42 Å². The van der Waals surface area contributed by atoms with Crippen molar-refractivity contribution in [2.75, 3.05) is 18.0 Å². The number of carboxylic acid groups (broad SMARTS) is 1. The standard InChI is InChI=1S/C12H14N2O4S/c1-2-8-14(9-7-12(15)16)10-3-5-11(6-4-10)19(13,17)18/h1,3-6H,7-9H2,(H,15,16)(H2,13,17,18). The quantitative estimate of drug-likeness (QED) is 0.728. The van der Waals surface area contributed by atoms with E-state index in [0.717, 1.165) is 0 Å². The maximum Gasteiger partial charge on any atom is 0.305 e. The predicted octanol–water partition coefficient (Wildman–Crippen LogP) is 0.248. The van der Waals surface area contributed by atoms with Crippen molar-refractivity contribution in [2.45, 2.75) is 11.3 Å². The number of hydrogen-bond donors (Lipinski definition) is 2. The van der Waals surface area contributed by atoms with Crippen molar-refractivity contribution in [3.05, 3.63) is 24.3 Å². The highest BCUT2D eigenvalue weighted by atomic mass is 32.2. The van der Waals surface area contributed by atoms with Crippen molar-refractivity contribution >= 4 is 21.7 Å². The zero-order chi connectivity index (χ0) is 14.5. The van der Waals surface area contributed by atoms with Crippen LogP contribution in [0.2, 0.25) is 0 Å². The Morgan fingerprint density at radius 2 is 1.95 bits per heavy atom. The van der Waals surface area contributed by atoms with E-state index in [1.165, 1.54) is 12.1 Å². The molecule has 0 radical (unpaired) electrons. The highest BCUT2D eigenvalue weighted by Gasteiger charge is 2.10. The van der Waals surface area contributed by atoms with Crippen molar-refractivity contribution in [2.24, 2.45) is 5.14 Å². The van der Waals surface area contributed by atoms with Gasteiger partial charge < -0.3 is 10.0 Å². The molecule has 0 unspecified atom stereocenters. The third kappa shape index (κ3) is 4.62. The minimum atomic E-state index is -3.74. The second-order valence-corrected chi connectivity index (χ2v) is 5.37. The lowest BCUT2D eigenvalue weighted by Crippen LogP contribution is -2.26. The molecule has 0 spiro atoms. The van der Waals surface area contributed by atoms with Crippen molar-refractivity contribution in [1.29, 1.82) is 0 Å². The number of sulfonamides is 1. The average molecular weight is 282 g/mol. The van der Waals surface area contributed by atoms with Gasteiger partial charge in [-0.25, -0.2) is 13.6 Å². The number of benzene rings is 1. The van der Waals surface area contributed by atoms with Gasteiger partial charge in [-0.3, -0.25) is 4.79 Å². The summed E-state index contributed by atoms with van der Waals surface area (Å²) in [5, 5.41) is 13.6. The molecular formula is C12H14N2O4S. The highest BCUT2D eigenvalue weighted by molar-refractivity contribution is 7.89. The summed E-state index contributed by atoms with van der Waals surface area (Å²) < 4.78 is 22.2. The monoisotopic (exact) mass is 282 g/mol. The molecule has 3 N–H and O–H groups in total. The number of anilines is 1. The van der Waals surface area contributed by atoms with Gasteiger partial charge in [0, 0.05) is 12.2 Å². The molecular weight excluding hydrogens is 268 g/mol. The first kappa shape index (κ1) is 15.0. The smallest absolute Gasteiger partial charge is 0.305 e. The maximum atomic E-state index is 11.1. The number of aliphatic carboxylic acids is 1. The van der Waals surface area contributed by atoms with Crippen molar-refractivity contribution in [1.82, 2.24) is 0 Å². The zero-order valence-corrected chi connectivity index (χ0v) is 10.9. The molecule has 7 heteroatoms. The summed E-state index contributed by atoms with van der Waals surface area (Å²) in [6, 6.07) is 5.79. The van der Waals surface area contributed by atoms with Crippen LogP contribution in [0.5, 0.6) is 0 Å². The number of carbonyl (C=O) groups is 1. The Balaban J connectivity index is 2.92. The van der Waals surface area contributed by atoms with E-state index in [1.54, 1.807) is 17.0 Å². The fourth-order valence-electron chi connectivity index (χ4n) is 1.49. The topological polar surface area (TPSA) is 101 Å². The van der Waals surface area contributed by atoms with Gasteiger partial charge in [-0.1, -0.05) is 5.92 Å². The van der Waals surface area contributed by atoms with E-state index < -0.39 is 16.0 Å². The lowest BCUT2D eigenvalue weighted by molar-refractivity contribution is -0.136. The molecule has 0 aliphatic carbocycles. The van der Waals surface area contributed by atoms with E-state index in [9.17, 15) is 13.2 Å². The fourth-order valence-corrected chi connectivity index (χ4v) is 2.00. The third-order valence-corrected chi connectivity index (χ3v) is 3.34. The molecule has 102 valence electrons. The van der Waals surface area contributed by atoms with Gasteiger partial charge in [0.05, 0.1) is 17.9 Å². The van der Waals surface area contributed by atoms with Gasteiger partial charge in [0.1, 0.15) is 0 Å². The zero-order valence-electron chi connectivity index (χ0n) is 10.1. The van der Waals surface area contributed by atoms with Crippen LogP contribution in [0.1, 0.15) is 6.42 Å². The van der Waals surface area contributed by atoms with E-state index >= 15 is 0 Å². The SMILES string of the molecule is C#CCN(CCC(=O)O)c1ccc(S(N)(=O)=O)cc1. The van der Waals surface area contributed by atoms with Gasteiger partial charge in [0.25, 0.3) is 0 Å². The maximum absolute atomic E-state index is 11.1. The molecule has 0 atom stereocenters. The van der Waals surface area contributed by atoms with Gasteiger partial charge in [-0.05, 0) is 24.3 Å². The Hall–Kier alpha value is -2.04. The van der Waals surface area contributed by atoms with Crippen molar-refractivity contribution < 1.29 is 18.3 Å². The minimum absolute atomic E-state index is 0.00450. The lowest BCUT2D eigenvalue weighted by Gasteiger charge is -2.21. The third-order valence-electron chi connectivity index (χ3n) is 2.41. The summed E-state index contributed by atoms with van der Waals surface area (Å²) in [6.45, 7) is 0.482. The van der Waals surface area contributed by atoms with E-state index in [-0.39, 0.29) is 24.4 Å². The Bertz CT molecular complexity index is 587. The molecule has 0 bridgehead atoms. The van der Waals surface area contributed by atoms with Crippen LogP contribution in [-0.2, 0) is 14.8 Å². The molecule has 0 aliphatic rings. The number of hydrogen-bond acceptors (Lipinski definition) is 4. The summed E-state index contributed by atoms with van der Waals surface area (Å²) in [5.41, 5.74) is 0.645. The number of rotatable bonds is 6. The molecule has 6 nitrogen and oxygen atoms in total. The largest absolute Gasteiger partial charge is 0.481 e. The summed E-state index contributed by atoms with van der Waals surface area (Å²) >= 11 is 0. The number of nitrogens with two attached hydrogens (primary N) is 1. The Kier molecular flexibility index (Phi) is 4.92. The summed E-state index contributed by atoms with van der Waals surface area (Å²) in [6.07, 6.45) is 5.16. The van der Waals surface area contributed by atoms with Gasteiger partial charge >= 0.3 is 5.97 Å². The second kappa shape index (κ2) is 6.22. The van der Waals surface area contributed by atoms with Crippen LogP contribution < -0.4 is 10.0 Å². The molecule has 0 fully saturated rings. The Morgan fingerprint density at radius 3 is 2.37 bits per heavy atom. The van der Waals surface area contributed by atoms with Gasteiger partial charge in [-0.2, -0.15) is 0 Å². The first-order valence-corrected chi connectivity index (χ1v) is 6.92. The van der Waals surface area contributed by atoms with Crippen LogP contribution in [0.3, 0.4) is 0 Å². The van der Waals surface area contributed by atoms with E-state index in [1.807, 2.05) is 0 Å². The summed E-state index contributed by atoms with van der Waals surface area (Å²) in [5.74, 6) is 1.50. The first-order valence-electron chi connectivity index (χ1n) is 5.37. The molecule has 0 saturated carbocycles. The molecule has 1 aromatic rings. The lowest BCUT2D eigenvalue weighted by atomic mass is 10.2. The van der Waals surface area contributed by atoms with E-state index in [4.69, 9.17) is 16.7 Å². The van der Waals surface area contributed by atoms with Crippen LogP contribution in [0.4, 0.5) is 5.69 Å². The molecule has 0 aromatic heterocycles. The molecule has 1 rings (SSSR count).